The maximum absolute atomic E-state index is 11.2. The van der Waals surface area contributed by atoms with E-state index >= 15 is 0 Å². The van der Waals surface area contributed by atoms with Gasteiger partial charge >= 0.3 is 5.97 Å². The van der Waals surface area contributed by atoms with Crippen LogP contribution in [-0.4, -0.2) is 20.9 Å². The maximum atomic E-state index is 11.2. The molecule has 140 valence electrons. The van der Waals surface area contributed by atoms with Gasteiger partial charge in [-0.1, -0.05) is 34.6 Å². The minimum absolute atomic E-state index is 0.157. The number of carboxylic acid groups (broad SMARTS) is 1. The molecule has 1 unspecified atom stereocenters. The number of hydrogen-bond acceptors (Lipinski definition) is 2. The third kappa shape index (κ3) is 3.24. The molecule has 0 saturated heterocycles. The lowest BCUT2D eigenvalue weighted by Gasteiger charge is -2.50. The third-order valence-corrected chi connectivity index (χ3v) is 7.23. The summed E-state index contributed by atoms with van der Waals surface area (Å²) in [6.45, 7) is 11.9. The maximum Gasteiger partial charge on any atom is 0.306 e. The quantitative estimate of drug-likeness (QED) is 0.849. The molecule has 1 atom stereocenters. The van der Waals surface area contributed by atoms with Gasteiger partial charge in [-0.2, -0.15) is 5.10 Å². The molecule has 0 radical (unpaired) electrons. The molecule has 3 rings (SSSR count). The number of rotatable bonds is 3. The van der Waals surface area contributed by atoms with Crippen molar-refractivity contribution in [1.29, 1.82) is 0 Å². The molecule has 1 saturated carbocycles. The fourth-order valence-corrected chi connectivity index (χ4v) is 5.37. The van der Waals surface area contributed by atoms with E-state index in [1.807, 2.05) is 0 Å². The van der Waals surface area contributed by atoms with E-state index in [0.29, 0.717) is 17.4 Å². The van der Waals surface area contributed by atoms with Crippen molar-refractivity contribution in [3.05, 3.63) is 17.5 Å². The summed E-state index contributed by atoms with van der Waals surface area (Å²) in [7, 11) is 0. The van der Waals surface area contributed by atoms with Crippen LogP contribution in [0.1, 0.15) is 84.0 Å². The summed E-state index contributed by atoms with van der Waals surface area (Å²) in [5.41, 5.74) is 3.31. The monoisotopic (exact) mass is 346 g/mol. The SMILES string of the molecule is CC(C)C1(C(C)(C)C)CCc2nn(C3CCC(C(=O)O)CC3)cc2C1. The standard InChI is InChI=1S/C21H34N2O2/c1-14(2)21(20(3,4)5)11-10-18-16(12-21)13-23(22-18)17-8-6-15(7-9-17)19(24)25/h13-15,17H,6-12H2,1-5H3,(H,24,25). The highest BCUT2D eigenvalue weighted by atomic mass is 16.4. The number of carboxylic acids is 1. The van der Waals surface area contributed by atoms with Crippen LogP contribution in [0.15, 0.2) is 6.20 Å². The van der Waals surface area contributed by atoms with E-state index in [9.17, 15) is 9.90 Å². The molecule has 1 fully saturated rings. The van der Waals surface area contributed by atoms with E-state index in [1.165, 1.54) is 17.7 Å². The van der Waals surface area contributed by atoms with Gasteiger partial charge in [0.1, 0.15) is 0 Å². The Kier molecular flexibility index (Phi) is 4.76. The van der Waals surface area contributed by atoms with Gasteiger partial charge < -0.3 is 5.11 Å². The van der Waals surface area contributed by atoms with Crippen LogP contribution in [0.3, 0.4) is 0 Å². The first-order chi connectivity index (χ1) is 11.6. The molecule has 0 spiro atoms. The van der Waals surface area contributed by atoms with E-state index in [1.54, 1.807) is 0 Å². The Morgan fingerprint density at radius 2 is 1.92 bits per heavy atom. The largest absolute Gasteiger partial charge is 0.481 e. The topological polar surface area (TPSA) is 55.1 Å². The van der Waals surface area contributed by atoms with Crippen molar-refractivity contribution in [1.82, 2.24) is 9.78 Å². The molecular weight excluding hydrogens is 312 g/mol. The highest BCUT2D eigenvalue weighted by molar-refractivity contribution is 5.70. The van der Waals surface area contributed by atoms with Crippen molar-refractivity contribution in [2.24, 2.45) is 22.7 Å². The van der Waals surface area contributed by atoms with Crippen molar-refractivity contribution in [2.75, 3.05) is 0 Å². The molecule has 4 nitrogen and oxygen atoms in total. The fourth-order valence-electron chi connectivity index (χ4n) is 5.37. The summed E-state index contributed by atoms with van der Waals surface area (Å²) in [6, 6.07) is 0.379. The Morgan fingerprint density at radius 1 is 1.28 bits per heavy atom. The Balaban J connectivity index is 1.79. The molecule has 2 aliphatic carbocycles. The minimum Gasteiger partial charge on any atom is -0.481 e. The van der Waals surface area contributed by atoms with Crippen LogP contribution in [0.5, 0.6) is 0 Å². The summed E-state index contributed by atoms with van der Waals surface area (Å²) < 4.78 is 2.17. The zero-order valence-corrected chi connectivity index (χ0v) is 16.5. The number of nitrogens with zero attached hydrogens (tertiary/aromatic N) is 2. The van der Waals surface area contributed by atoms with Crippen LogP contribution in [-0.2, 0) is 17.6 Å². The lowest BCUT2D eigenvalue weighted by molar-refractivity contribution is -0.143. The molecule has 2 aliphatic rings. The predicted octanol–water partition coefficient (Wildman–Crippen LogP) is 4.88. The van der Waals surface area contributed by atoms with Crippen molar-refractivity contribution < 1.29 is 9.90 Å². The van der Waals surface area contributed by atoms with Crippen LogP contribution < -0.4 is 0 Å². The first kappa shape index (κ1) is 18.5. The van der Waals surface area contributed by atoms with Gasteiger partial charge in [-0.3, -0.25) is 9.48 Å². The van der Waals surface area contributed by atoms with Crippen LogP contribution >= 0.6 is 0 Å². The number of carbonyl (C=O) groups is 1. The van der Waals surface area contributed by atoms with E-state index in [0.717, 1.165) is 38.5 Å². The number of aryl methyl sites for hydroxylation is 1. The molecule has 1 heterocycles. The number of fused-ring (bicyclic) bond motifs is 1. The second kappa shape index (κ2) is 6.44. The average molecular weight is 347 g/mol. The zero-order chi connectivity index (χ0) is 18.4. The summed E-state index contributed by atoms with van der Waals surface area (Å²) in [5.74, 6) is -0.143. The Labute approximate surface area is 152 Å². The van der Waals surface area contributed by atoms with Crippen LogP contribution in [0.2, 0.25) is 0 Å². The zero-order valence-electron chi connectivity index (χ0n) is 16.5. The molecule has 0 bridgehead atoms. The minimum atomic E-state index is -0.634. The van der Waals surface area contributed by atoms with E-state index < -0.39 is 5.97 Å². The Bertz CT molecular complexity index is 633. The molecule has 25 heavy (non-hydrogen) atoms. The normalized spacial score (nSPS) is 30.3. The highest BCUT2D eigenvalue weighted by Crippen LogP contribution is 2.53. The van der Waals surface area contributed by atoms with Gasteiger partial charge in [-0.25, -0.2) is 0 Å². The second-order valence-electron chi connectivity index (χ2n) is 9.66. The predicted molar refractivity (Wildman–Crippen MR) is 99.6 cm³/mol. The molecule has 0 aliphatic heterocycles. The lowest BCUT2D eigenvalue weighted by atomic mass is 9.54. The first-order valence-electron chi connectivity index (χ1n) is 9.94. The van der Waals surface area contributed by atoms with Gasteiger partial charge in [-0.15, -0.1) is 0 Å². The number of aliphatic carboxylic acids is 1. The smallest absolute Gasteiger partial charge is 0.306 e. The number of hydrogen-bond donors (Lipinski definition) is 1. The van der Waals surface area contributed by atoms with Crippen LogP contribution in [0, 0.1) is 22.7 Å². The van der Waals surface area contributed by atoms with E-state index in [4.69, 9.17) is 5.10 Å². The van der Waals surface area contributed by atoms with Crippen molar-refractivity contribution >= 4 is 5.97 Å². The van der Waals surface area contributed by atoms with Gasteiger partial charge in [0.25, 0.3) is 0 Å². The van der Waals surface area contributed by atoms with E-state index in [-0.39, 0.29) is 11.3 Å². The van der Waals surface area contributed by atoms with Gasteiger partial charge in [0, 0.05) is 6.20 Å². The van der Waals surface area contributed by atoms with Gasteiger partial charge in [0.15, 0.2) is 0 Å². The lowest BCUT2D eigenvalue weighted by Crippen LogP contribution is -2.44. The van der Waals surface area contributed by atoms with Crippen molar-refractivity contribution in [3.63, 3.8) is 0 Å². The molecule has 0 amide bonds. The highest BCUT2D eigenvalue weighted by Gasteiger charge is 2.47. The fraction of sp³-hybridized carbons (Fsp3) is 0.810. The molecule has 1 N–H and O–H groups in total. The van der Waals surface area contributed by atoms with Gasteiger partial charge in [0.2, 0.25) is 0 Å². The first-order valence-corrected chi connectivity index (χ1v) is 9.94. The number of aromatic nitrogens is 2. The van der Waals surface area contributed by atoms with E-state index in [2.05, 4.69) is 45.5 Å². The Hall–Kier alpha value is -1.32. The summed E-state index contributed by atoms with van der Waals surface area (Å²) in [5, 5.41) is 14.1. The summed E-state index contributed by atoms with van der Waals surface area (Å²) >= 11 is 0. The summed E-state index contributed by atoms with van der Waals surface area (Å²) in [6.07, 6.45) is 9.12. The van der Waals surface area contributed by atoms with Crippen LogP contribution in [0.25, 0.3) is 0 Å². The van der Waals surface area contributed by atoms with Crippen molar-refractivity contribution in [3.8, 4) is 0 Å². The van der Waals surface area contributed by atoms with Crippen molar-refractivity contribution in [2.45, 2.75) is 85.6 Å². The molecular formula is C21H34N2O2. The average Bonchev–Trinajstić information content (AvgIpc) is 2.96. The van der Waals surface area contributed by atoms with Gasteiger partial charge in [0.05, 0.1) is 17.7 Å². The third-order valence-electron chi connectivity index (χ3n) is 7.23. The molecule has 1 aromatic heterocycles. The summed E-state index contributed by atoms with van der Waals surface area (Å²) in [4.78, 5) is 11.2. The molecule has 4 heteroatoms. The molecule has 0 aromatic carbocycles. The van der Waals surface area contributed by atoms with Gasteiger partial charge in [-0.05, 0) is 67.3 Å². The molecule has 1 aromatic rings. The second-order valence-corrected chi connectivity index (χ2v) is 9.66. The van der Waals surface area contributed by atoms with Crippen LogP contribution in [0.4, 0.5) is 0 Å². The Morgan fingerprint density at radius 3 is 2.44 bits per heavy atom.